The summed E-state index contributed by atoms with van der Waals surface area (Å²) in [7, 11) is 0. The highest BCUT2D eigenvalue weighted by Crippen LogP contribution is 2.24. The predicted octanol–water partition coefficient (Wildman–Crippen LogP) is 2.79. The molecule has 0 aromatic heterocycles. The second-order valence-corrected chi connectivity index (χ2v) is 6.35. The Hall–Kier alpha value is -1.56. The third-order valence-corrected chi connectivity index (χ3v) is 4.29. The van der Waals surface area contributed by atoms with E-state index in [1.807, 2.05) is 0 Å². The zero-order valence-electron chi connectivity index (χ0n) is 11.6. The van der Waals surface area contributed by atoms with Crippen LogP contribution in [0, 0.1) is 5.92 Å². The van der Waals surface area contributed by atoms with E-state index < -0.39 is 11.9 Å². The van der Waals surface area contributed by atoms with Crippen LogP contribution in [0.15, 0.2) is 22.7 Å². The van der Waals surface area contributed by atoms with Gasteiger partial charge in [-0.25, -0.2) is 0 Å². The number of hydrogen-bond acceptors (Lipinski definition) is 3. The van der Waals surface area contributed by atoms with Gasteiger partial charge in [0.25, 0.3) is 5.91 Å². The summed E-state index contributed by atoms with van der Waals surface area (Å²) in [6, 6.07) is 4.66. The summed E-state index contributed by atoms with van der Waals surface area (Å²) in [4.78, 5) is 23.7. The average molecular weight is 355 g/mol. The summed E-state index contributed by atoms with van der Waals surface area (Å²) in [5.41, 5.74) is 6.66. The Balaban J connectivity index is 2.14. The van der Waals surface area contributed by atoms with Crippen LogP contribution in [0.2, 0.25) is 0 Å². The SMILES string of the molecule is Nc1cc(Br)cc(C(=O)NC2CCCCCC2C(=O)O)c1. The van der Waals surface area contributed by atoms with Crippen molar-refractivity contribution in [1.29, 1.82) is 0 Å². The van der Waals surface area contributed by atoms with Gasteiger partial charge < -0.3 is 16.2 Å². The summed E-state index contributed by atoms with van der Waals surface area (Å²) in [6.07, 6.45) is 4.16. The highest BCUT2D eigenvalue weighted by atomic mass is 79.9. The van der Waals surface area contributed by atoms with Crippen molar-refractivity contribution in [3.63, 3.8) is 0 Å². The molecule has 4 N–H and O–H groups in total. The number of benzene rings is 1. The van der Waals surface area contributed by atoms with E-state index in [4.69, 9.17) is 5.73 Å². The molecule has 1 aliphatic rings. The van der Waals surface area contributed by atoms with Gasteiger partial charge in [-0.15, -0.1) is 0 Å². The molecule has 0 bridgehead atoms. The molecule has 0 aliphatic heterocycles. The van der Waals surface area contributed by atoms with Gasteiger partial charge in [-0.1, -0.05) is 35.2 Å². The lowest BCUT2D eigenvalue weighted by atomic mass is 9.94. The van der Waals surface area contributed by atoms with E-state index in [1.54, 1.807) is 18.2 Å². The maximum absolute atomic E-state index is 12.3. The smallest absolute Gasteiger partial charge is 0.308 e. The van der Waals surface area contributed by atoms with Gasteiger partial charge in [-0.3, -0.25) is 9.59 Å². The van der Waals surface area contributed by atoms with E-state index in [-0.39, 0.29) is 11.9 Å². The molecule has 0 heterocycles. The lowest BCUT2D eigenvalue weighted by Gasteiger charge is -2.23. The fourth-order valence-electron chi connectivity index (χ4n) is 2.77. The fraction of sp³-hybridized carbons (Fsp3) is 0.467. The maximum atomic E-state index is 12.3. The molecule has 1 amide bonds. The first kappa shape index (κ1) is 15.8. The summed E-state index contributed by atoms with van der Waals surface area (Å²) < 4.78 is 0.725. The molecule has 1 aliphatic carbocycles. The first-order valence-corrected chi connectivity index (χ1v) is 7.86. The summed E-state index contributed by atoms with van der Waals surface area (Å²) in [5.74, 6) is -1.63. The molecule has 0 spiro atoms. The number of carbonyl (C=O) groups excluding carboxylic acids is 1. The minimum Gasteiger partial charge on any atom is -0.481 e. The van der Waals surface area contributed by atoms with Gasteiger partial charge in [0.05, 0.1) is 5.92 Å². The molecule has 0 radical (unpaired) electrons. The Morgan fingerprint density at radius 3 is 2.57 bits per heavy atom. The van der Waals surface area contributed by atoms with E-state index in [9.17, 15) is 14.7 Å². The molecule has 2 rings (SSSR count). The van der Waals surface area contributed by atoms with Gasteiger partial charge in [0, 0.05) is 21.8 Å². The standard InChI is InChI=1S/C15H19BrN2O3/c16-10-6-9(7-11(17)8-10)14(19)18-13-5-3-1-2-4-12(13)15(20)21/h6-8,12-13H,1-5,17H2,(H,18,19)(H,20,21). The Morgan fingerprint density at radius 2 is 1.90 bits per heavy atom. The first-order chi connectivity index (χ1) is 9.97. The molecule has 0 saturated heterocycles. The van der Waals surface area contributed by atoms with Gasteiger partial charge in [0.15, 0.2) is 0 Å². The topological polar surface area (TPSA) is 92.4 Å². The van der Waals surface area contributed by atoms with Gasteiger partial charge in [0.1, 0.15) is 0 Å². The second-order valence-electron chi connectivity index (χ2n) is 5.44. The van der Waals surface area contributed by atoms with E-state index in [2.05, 4.69) is 21.2 Å². The third-order valence-electron chi connectivity index (χ3n) is 3.83. The molecule has 5 nitrogen and oxygen atoms in total. The van der Waals surface area contributed by atoms with Crippen LogP contribution in [0.25, 0.3) is 0 Å². The number of aliphatic carboxylic acids is 1. The molecule has 1 aromatic carbocycles. The van der Waals surface area contributed by atoms with Crippen LogP contribution in [-0.2, 0) is 4.79 Å². The quantitative estimate of drug-likeness (QED) is 0.574. The van der Waals surface area contributed by atoms with Crippen molar-refractivity contribution in [1.82, 2.24) is 5.32 Å². The van der Waals surface area contributed by atoms with Crippen molar-refractivity contribution in [2.24, 2.45) is 5.92 Å². The highest BCUT2D eigenvalue weighted by Gasteiger charge is 2.30. The Morgan fingerprint density at radius 1 is 1.19 bits per heavy atom. The van der Waals surface area contributed by atoms with E-state index >= 15 is 0 Å². The molecule has 1 aromatic rings. The number of nitrogen functional groups attached to an aromatic ring is 1. The molecular weight excluding hydrogens is 336 g/mol. The van der Waals surface area contributed by atoms with Crippen molar-refractivity contribution in [2.45, 2.75) is 38.1 Å². The van der Waals surface area contributed by atoms with Gasteiger partial charge in [0.2, 0.25) is 0 Å². The zero-order valence-corrected chi connectivity index (χ0v) is 13.2. The van der Waals surface area contributed by atoms with Crippen LogP contribution in [0.1, 0.15) is 42.5 Å². The number of amides is 1. The average Bonchev–Trinajstić information content (AvgIpc) is 2.63. The first-order valence-electron chi connectivity index (χ1n) is 7.07. The Kier molecular flexibility index (Phi) is 5.22. The molecular formula is C15H19BrN2O3. The molecule has 114 valence electrons. The van der Waals surface area contributed by atoms with Gasteiger partial charge >= 0.3 is 5.97 Å². The molecule has 2 unspecified atom stereocenters. The number of anilines is 1. The number of hydrogen-bond donors (Lipinski definition) is 3. The zero-order chi connectivity index (χ0) is 15.4. The second kappa shape index (κ2) is 6.93. The van der Waals surface area contributed by atoms with Crippen molar-refractivity contribution in [3.05, 3.63) is 28.2 Å². The third kappa shape index (κ3) is 4.20. The summed E-state index contributed by atoms with van der Waals surface area (Å²) >= 11 is 3.30. The van der Waals surface area contributed by atoms with Crippen LogP contribution in [-0.4, -0.2) is 23.0 Å². The minimum absolute atomic E-state index is 0.277. The van der Waals surface area contributed by atoms with Crippen molar-refractivity contribution < 1.29 is 14.7 Å². The predicted molar refractivity (Wildman–Crippen MR) is 84.0 cm³/mol. The number of nitrogens with two attached hydrogens (primary N) is 1. The fourth-order valence-corrected chi connectivity index (χ4v) is 3.28. The Labute approximate surface area is 132 Å². The highest BCUT2D eigenvalue weighted by molar-refractivity contribution is 9.10. The van der Waals surface area contributed by atoms with E-state index in [1.165, 1.54) is 0 Å². The normalized spacial score (nSPS) is 22.3. The van der Waals surface area contributed by atoms with Gasteiger partial charge in [-0.05, 0) is 31.0 Å². The number of carbonyl (C=O) groups is 2. The number of nitrogens with one attached hydrogen (secondary N) is 1. The molecule has 2 atom stereocenters. The Bertz CT molecular complexity index is 527. The number of carboxylic acid groups (broad SMARTS) is 1. The minimum atomic E-state index is -0.837. The molecule has 1 fully saturated rings. The van der Waals surface area contributed by atoms with Crippen LogP contribution < -0.4 is 11.1 Å². The number of rotatable bonds is 3. The van der Waals surface area contributed by atoms with Crippen molar-refractivity contribution in [3.8, 4) is 0 Å². The van der Waals surface area contributed by atoms with Crippen LogP contribution >= 0.6 is 15.9 Å². The van der Waals surface area contributed by atoms with Gasteiger partial charge in [-0.2, -0.15) is 0 Å². The van der Waals surface area contributed by atoms with Crippen molar-refractivity contribution in [2.75, 3.05) is 5.73 Å². The van der Waals surface area contributed by atoms with E-state index in [0.717, 1.165) is 23.7 Å². The maximum Gasteiger partial charge on any atom is 0.308 e. The van der Waals surface area contributed by atoms with Crippen molar-refractivity contribution >= 4 is 33.5 Å². The van der Waals surface area contributed by atoms with Crippen LogP contribution in [0.4, 0.5) is 5.69 Å². The number of halogens is 1. The summed E-state index contributed by atoms with van der Waals surface area (Å²) in [6.45, 7) is 0. The lowest BCUT2D eigenvalue weighted by molar-refractivity contribution is -0.142. The molecule has 1 saturated carbocycles. The summed E-state index contributed by atoms with van der Waals surface area (Å²) in [5, 5.41) is 12.2. The monoisotopic (exact) mass is 354 g/mol. The number of carboxylic acids is 1. The molecule has 6 heteroatoms. The van der Waals surface area contributed by atoms with E-state index in [0.29, 0.717) is 24.1 Å². The largest absolute Gasteiger partial charge is 0.481 e. The molecule has 21 heavy (non-hydrogen) atoms. The van der Waals surface area contributed by atoms with Crippen LogP contribution in [0.3, 0.4) is 0 Å². The van der Waals surface area contributed by atoms with Crippen LogP contribution in [0.5, 0.6) is 0 Å². The lowest BCUT2D eigenvalue weighted by Crippen LogP contribution is -2.42.